The van der Waals surface area contributed by atoms with Crippen molar-refractivity contribution in [2.45, 2.75) is 38.3 Å². The lowest BCUT2D eigenvalue weighted by molar-refractivity contribution is -0.0378. The summed E-state index contributed by atoms with van der Waals surface area (Å²) in [6.45, 7) is 6.76. The molecule has 1 atom stereocenters. The number of hydrogen-bond donors (Lipinski definition) is 1. The van der Waals surface area contributed by atoms with Crippen molar-refractivity contribution in [3.63, 3.8) is 0 Å². The first-order chi connectivity index (χ1) is 10.6. The van der Waals surface area contributed by atoms with Crippen LogP contribution in [0.2, 0.25) is 0 Å². The van der Waals surface area contributed by atoms with Gasteiger partial charge in [-0.3, -0.25) is 9.69 Å². The van der Waals surface area contributed by atoms with Gasteiger partial charge in [0.15, 0.2) is 0 Å². The van der Waals surface area contributed by atoms with Gasteiger partial charge in [0.2, 0.25) is 5.71 Å². The van der Waals surface area contributed by atoms with Gasteiger partial charge in [0.25, 0.3) is 5.91 Å². The standard InChI is InChI=1S/C17H21N3O2.ClH/c1-17(2)14(11-3-6-20(17)7-4-11)19-15(21)13-9-12-5-8-22-16(12)18-10-13;/h5,8-11,14H,3-4,6-7H2,1-2H3,(H,19,21);1H. The van der Waals surface area contributed by atoms with Crippen LogP contribution in [0.25, 0.3) is 11.1 Å². The smallest absolute Gasteiger partial charge is 0.253 e. The molecule has 124 valence electrons. The van der Waals surface area contributed by atoms with Crippen LogP contribution in [0.1, 0.15) is 37.0 Å². The third-order valence-electron chi connectivity index (χ3n) is 5.44. The van der Waals surface area contributed by atoms with E-state index in [-0.39, 0.29) is 29.9 Å². The van der Waals surface area contributed by atoms with E-state index in [0.29, 0.717) is 17.2 Å². The molecule has 3 fully saturated rings. The van der Waals surface area contributed by atoms with Crippen molar-refractivity contribution in [3.8, 4) is 0 Å². The summed E-state index contributed by atoms with van der Waals surface area (Å²) in [5.41, 5.74) is 1.19. The third kappa shape index (κ3) is 2.62. The molecule has 1 N–H and O–H groups in total. The van der Waals surface area contributed by atoms with E-state index >= 15 is 0 Å². The minimum atomic E-state index is -0.0394. The number of halogens is 1. The van der Waals surface area contributed by atoms with Gasteiger partial charge in [-0.1, -0.05) is 0 Å². The Morgan fingerprint density at radius 1 is 1.39 bits per heavy atom. The Labute approximate surface area is 141 Å². The molecule has 5 rings (SSSR count). The van der Waals surface area contributed by atoms with Crippen LogP contribution in [0.3, 0.4) is 0 Å². The van der Waals surface area contributed by atoms with Gasteiger partial charge in [-0.25, -0.2) is 4.98 Å². The van der Waals surface area contributed by atoms with Crippen molar-refractivity contribution < 1.29 is 9.21 Å². The molecule has 5 nitrogen and oxygen atoms in total. The van der Waals surface area contributed by atoms with Crippen molar-refractivity contribution in [2.75, 3.05) is 13.1 Å². The molecule has 23 heavy (non-hydrogen) atoms. The third-order valence-corrected chi connectivity index (χ3v) is 5.44. The van der Waals surface area contributed by atoms with Gasteiger partial charge in [0.05, 0.1) is 11.8 Å². The van der Waals surface area contributed by atoms with Gasteiger partial charge < -0.3 is 9.73 Å². The van der Waals surface area contributed by atoms with Crippen molar-refractivity contribution in [2.24, 2.45) is 5.92 Å². The summed E-state index contributed by atoms with van der Waals surface area (Å²) in [5.74, 6) is 0.539. The first-order valence-electron chi connectivity index (χ1n) is 7.95. The van der Waals surface area contributed by atoms with E-state index < -0.39 is 0 Å². The molecule has 3 aliphatic heterocycles. The van der Waals surface area contributed by atoms with Gasteiger partial charge in [-0.15, -0.1) is 12.4 Å². The number of carbonyl (C=O) groups is 1. The second-order valence-corrected chi connectivity index (χ2v) is 6.97. The number of nitrogens with one attached hydrogen (secondary N) is 1. The summed E-state index contributed by atoms with van der Waals surface area (Å²) < 4.78 is 5.23. The molecule has 0 spiro atoms. The maximum atomic E-state index is 12.6. The van der Waals surface area contributed by atoms with Gasteiger partial charge >= 0.3 is 0 Å². The zero-order chi connectivity index (χ0) is 15.3. The molecule has 3 saturated heterocycles. The average Bonchev–Trinajstić information content (AvgIpc) is 2.98. The van der Waals surface area contributed by atoms with Crippen LogP contribution in [-0.2, 0) is 0 Å². The highest BCUT2D eigenvalue weighted by Gasteiger charge is 2.48. The van der Waals surface area contributed by atoms with Crippen molar-refractivity contribution in [1.82, 2.24) is 15.2 Å². The predicted octanol–water partition coefficient (Wildman–Crippen LogP) is 2.85. The molecule has 0 saturated carbocycles. The summed E-state index contributed by atoms with van der Waals surface area (Å²) >= 11 is 0. The highest BCUT2D eigenvalue weighted by molar-refractivity contribution is 5.96. The summed E-state index contributed by atoms with van der Waals surface area (Å²) in [5, 5.41) is 4.12. The summed E-state index contributed by atoms with van der Waals surface area (Å²) in [7, 11) is 0. The van der Waals surface area contributed by atoms with Gasteiger partial charge in [-0.2, -0.15) is 0 Å². The molecule has 3 aliphatic rings. The fourth-order valence-corrected chi connectivity index (χ4v) is 4.08. The summed E-state index contributed by atoms with van der Waals surface area (Å²) in [4.78, 5) is 19.3. The molecule has 2 aromatic heterocycles. The van der Waals surface area contributed by atoms with Crippen LogP contribution >= 0.6 is 12.4 Å². The van der Waals surface area contributed by atoms with Crippen molar-refractivity contribution in [3.05, 3.63) is 30.2 Å². The molecule has 2 aromatic rings. The lowest BCUT2D eigenvalue weighted by Gasteiger charge is -2.56. The van der Waals surface area contributed by atoms with Crippen molar-refractivity contribution >= 4 is 29.4 Å². The van der Waals surface area contributed by atoms with Gasteiger partial charge in [-0.05, 0) is 57.8 Å². The summed E-state index contributed by atoms with van der Waals surface area (Å²) in [6.07, 6.45) is 5.53. The average molecular weight is 336 g/mol. The van der Waals surface area contributed by atoms with E-state index in [1.807, 2.05) is 12.1 Å². The number of rotatable bonds is 2. The van der Waals surface area contributed by atoms with Crippen LogP contribution in [0.4, 0.5) is 0 Å². The van der Waals surface area contributed by atoms with E-state index in [0.717, 1.165) is 18.5 Å². The Morgan fingerprint density at radius 3 is 2.83 bits per heavy atom. The number of pyridine rings is 1. The monoisotopic (exact) mass is 335 g/mol. The van der Waals surface area contributed by atoms with E-state index in [1.165, 1.54) is 12.8 Å². The van der Waals surface area contributed by atoms with E-state index in [4.69, 9.17) is 4.42 Å². The molecule has 1 amide bonds. The fourth-order valence-electron chi connectivity index (χ4n) is 4.08. The quantitative estimate of drug-likeness (QED) is 0.916. The Morgan fingerprint density at radius 2 is 2.13 bits per heavy atom. The predicted molar refractivity (Wildman–Crippen MR) is 90.9 cm³/mol. The lowest BCUT2D eigenvalue weighted by atomic mass is 9.72. The molecule has 0 radical (unpaired) electrons. The highest BCUT2D eigenvalue weighted by Crippen LogP contribution is 2.39. The number of carbonyl (C=O) groups excluding carboxylic acids is 1. The molecular weight excluding hydrogens is 314 g/mol. The number of amides is 1. The summed E-state index contributed by atoms with van der Waals surface area (Å²) in [6, 6.07) is 3.87. The van der Waals surface area contributed by atoms with Crippen LogP contribution < -0.4 is 5.32 Å². The van der Waals surface area contributed by atoms with Crippen LogP contribution in [0.5, 0.6) is 0 Å². The Hall–Kier alpha value is -1.59. The second-order valence-electron chi connectivity index (χ2n) is 6.97. The minimum absolute atomic E-state index is 0. The Kier molecular flexibility index (Phi) is 4.10. The fraction of sp³-hybridized carbons (Fsp3) is 0.529. The zero-order valence-electron chi connectivity index (χ0n) is 13.4. The lowest BCUT2D eigenvalue weighted by Crippen LogP contribution is -2.69. The largest absolute Gasteiger partial charge is 0.446 e. The van der Waals surface area contributed by atoms with Crippen molar-refractivity contribution in [1.29, 1.82) is 0 Å². The number of fused-ring (bicyclic) bond motifs is 4. The molecule has 0 aromatic carbocycles. The Balaban J connectivity index is 0.00000156. The van der Waals surface area contributed by atoms with Gasteiger partial charge in [0, 0.05) is 23.2 Å². The number of piperidine rings is 3. The zero-order valence-corrected chi connectivity index (χ0v) is 14.2. The highest BCUT2D eigenvalue weighted by atomic mass is 35.5. The second kappa shape index (κ2) is 5.80. The first kappa shape index (κ1) is 16.3. The number of hydrogen-bond acceptors (Lipinski definition) is 4. The maximum absolute atomic E-state index is 12.6. The molecule has 5 heterocycles. The van der Waals surface area contributed by atoms with E-state index in [2.05, 4.69) is 29.0 Å². The Bertz CT molecular complexity index is 719. The van der Waals surface area contributed by atoms with E-state index in [1.54, 1.807) is 12.5 Å². The minimum Gasteiger partial charge on any atom is -0.446 e. The van der Waals surface area contributed by atoms with Gasteiger partial charge in [0.1, 0.15) is 0 Å². The molecule has 0 aliphatic carbocycles. The van der Waals surface area contributed by atoms with Crippen LogP contribution in [0.15, 0.2) is 29.0 Å². The SMILES string of the molecule is CC1(C)C(NC(=O)c2cnc3occc3c2)C2CCN1CC2.Cl. The molecular formula is C17H22ClN3O2. The topological polar surface area (TPSA) is 58.4 Å². The number of nitrogens with zero attached hydrogens (tertiary/aromatic N) is 2. The number of aromatic nitrogens is 1. The van der Waals surface area contributed by atoms with E-state index in [9.17, 15) is 4.79 Å². The first-order valence-corrected chi connectivity index (χ1v) is 7.95. The maximum Gasteiger partial charge on any atom is 0.253 e. The normalized spacial score (nSPS) is 28.3. The van der Waals surface area contributed by atoms with Crippen LogP contribution in [-0.4, -0.2) is 40.5 Å². The molecule has 6 heteroatoms. The van der Waals surface area contributed by atoms with Crippen LogP contribution in [0, 0.1) is 5.92 Å². The molecule has 1 unspecified atom stereocenters. The number of furan rings is 1. The molecule has 2 bridgehead atoms.